The minimum absolute atomic E-state index is 0.0153. The minimum Gasteiger partial charge on any atom is -0.490 e. The molecule has 214 valence electrons. The van der Waals surface area contributed by atoms with Crippen molar-refractivity contribution in [3.63, 3.8) is 0 Å². The van der Waals surface area contributed by atoms with Gasteiger partial charge in [-0.15, -0.1) is 26.3 Å². The van der Waals surface area contributed by atoms with E-state index in [1.54, 1.807) is 0 Å². The van der Waals surface area contributed by atoms with E-state index < -0.39 is 30.3 Å². The lowest BCUT2D eigenvalue weighted by atomic mass is 9.93. The van der Waals surface area contributed by atoms with Crippen LogP contribution in [0, 0.1) is 0 Å². The van der Waals surface area contributed by atoms with Crippen LogP contribution in [0.3, 0.4) is 0 Å². The van der Waals surface area contributed by atoms with Crippen LogP contribution in [0.2, 0.25) is 0 Å². The third-order valence-corrected chi connectivity index (χ3v) is 5.87. The number of Topliss-reactive ketones (excluding diaryl/α,β-unsaturated/α-hetero) is 1. The first kappa shape index (κ1) is 29.9. The van der Waals surface area contributed by atoms with Crippen molar-refractivity contribution in [2.45, 2.75) is 76.7 Å². The van der Waals surface area contributed by atoms with Crippen LogP contribution in [-0.4, -0.2) is 36.7 Å². The number of hydrogen-bond donors (Lipinski definition) is 2. The van der Waals surface area contributed by atoms with E-state index in [4.69, 9.17) is 4.74 Å². The fraction of sp³-hybridized carbons (Fsp3) is 0.462. The quantitative estimate of drug-likeness (QED) is 0.233. The molecule has 0 saturated heterocycles. The molecule has 13 heteroatoms. The molecule has 0 aromatic heterocycles. The van der Waals surface area contributed by atoms with Crippen molar-refractivity contribution in [2.75, 3.05) is 5.32 Å². The number of ether oxygens (including phenoxy) is 3. The summed E-state index contributed by atoms with van der Waals surface area (Å²) in [4.78, 5) is 25.0. The maximum Gasteiger partial charge on any atom is 0.573 e. The smallest absolute Gasteiger partial charge is 0.490 e. The monoisotopic (exact) mass is 562 g/mol. The standard InChI is InChI=1S/C26H28F6N2O5/c1-2-3-7-22(35)21-15-20(39-26(30,31)32)12-13-23(21)37-18-10-8-16(9-11-18)33-24(36)34-17-5-4-6-19(14-17)38-25(27,28)29/h4-6,12-16,18H,2-3,7-11H2,1H3,(H2,33,34,36). The number of ketones is 1. The molecule has 0 bridgehead atoms. The Morgan fingerprint density at radius 2 is 1.54 bits per heavy atom. The van der Waals surface area contributed by atoms with Crippen molar-refractivity contribution >= 4 is 17.5 Å². The molecular weight excluding hydrogens is 534 g/mol. The highest BCUT2D eigenvalue weighted by Gasteiger charge is 2.33. The lowest BCUT2D eigenvalue weighted by Gasteiger charge is -2.30. The maximum atomic E-state index is 12.7. The van der Waals surface area contributed by atoms with Crippen LogP contribution in [0.25, 0.3) is 0 Å². The number of benzene rings is 2. The van der Waals surface area contributed by atoms with Gasteiger partial charge in [0.15, 0.2) is 5.78 Å². The molecule has 7 nitrogen and oxygen atoms in total. The van der Waals surface area contributed by atoms with Crippen LogP contribution in [-0.2, 0) is 0 Å². The first-order valence-corrected chi connectivity index (χ1v) is 12.3. The number of rotatable bonds is 10. The average molecular weight is 563 g/mol. The molecule has 2 aromatic carbocycles. The van der Waals surface area contributed by atoms with Gasteiger partial charge in [0, 0.05) is 24.2 Å². The highest BCUT2D eigenvalue weighted by atomic mass is 19.4. The van der Waals surface area contributed by atoms with Gasteiger partial charge in [-0.3, -0.25) is 4.79 Å². The number of anilines is 1. The summed E-state index contributed by atoms with van der Waals surface area (Å²) in [5.74, 6) is -1.16. The molecule has 3 rings (SSSR count). The minimum atomic E-state index is -4.90. The largest absolute Gasteiger partial charge is 0.573 e. The average Bonchev–Trinajstić information content (AvgIpc) is 2.83. The number of hydrogen-bond acceptors (Lipinski definition) is 5. The van der Waals surface area contributed by atoms with Gasteiger partial charge in [-0.1, -0.05) is 19.4 Å². The van der Waals surface area contributed by atoms with Gasteiger partial charge in [0.2, 0.25) is 0 Å². The predicted octanol–water partition coefficient (Wildman–Crippen LogP) is 7.37. The summed E-state index contributed by atoms with van der Waals surface area (Å²) in [6.45, 7) is 1.89. The van der Waals surface area contributed by atoms with E-state index in [0.717, 1.165) is 30.7 Å². The molecule has 0 radical (unpaired) electrons. The number of halogens is 6. The molecule has 1 fully saturated rings. The fourth-order valence-corrected chi connectivity index (χ4v) is 4.13. The van der Waals surface area contributed by atoms with E-state index in [0.29, 0.717) is 32.1 Å². The molecule has 1 saturated carbocycles. The van der Waals surface area contributed by atoms with Crippen molar-refractivity contribution in [2.24, 2.45) is 0 Å². The summed E-state index contributed by atoms with van der Waals surface area (Å²) in [6.07, 6.45) is -6.65. The van der Waals surface area contributed by atoms with Crippen LogP contribution in [0.15, 0.2) is 42.5 Å². The molecule has 0 aliphatic heterocycles. The Balaban J connectivity index is 1.55. The summed E-state index contributed by atoms with van der Waals surface area (Å²) in [5, 5.41) is 5.22. The van der Waals surface area contributed by atoms with Crippen LogP contribution in [0.5, 0.6) is 17.2 Å². The highest BCUT2D eigenvalue weighted by Crippen LogP contribution is 2.32. The molecule has 0 unspecified atom stereocenters. The molecule has 0 spiro atoms. The van der Waals surface area contributed by atoms with Crippen molar-refractivity contribution in [1.82, 2.24) is 5.32 Å². The molecule has 39 heavy (non-hydrogen) atoms. The van der Waals surface area contributed by atoms with E-state index in [9.17, 15) is 35.9 Å². The first-order valence-electron chi connectivity index (χ1n) is 12.3. The van der Waals surface area contributed by atoms with Gasteiger partial charge >= 0.3 is 18.8 Å². The molecule has 2 aromatic rings. The molecule has 1 aliphatic carbocycles. The summed E-state index contributed by atoms with van der Waals surface area (Å²) in [7, 11) is 0. The molecule has 2 N–H and O–H groups in total. The molecular formula is C26H28F6N2O5. The summed E-state index contributed by atoms with van der Waals surface area (Å²) in [5.41, 5.74) is 0.131. The zero-order chi connectivity index (χ0) is 28.6. The zero-order valence-electron chi connectivity index (χ0n) is 21.0. The Labute approximate surface area is 220 Å². The van der Waals surface area contributed by atoms with Gasteiger partial charge in [0.1, 0.15) is 17.2 Å². The summed E-state index contributed by atoms with van der Waals surface area (Å²) >= 11 is 0. The van der Waals surface area contributed by atoms with Gasteiger partial charge in [0.05, 0.1) is 11.7 Å². The third-order valence-electron chi connectivity index (χ3n) is 5.87. The second-order valence-electron chi connectivity index (χ2n) is 9.00. The lowest BCUT2D eigenvalue weighted by Crippen LogP contribution is -2.41. The Bertz CT molecular complexity index is 1130. The molecule has 0 heterocycles. The second kappa shape index (κ2) is 12.9. The number of urea groups is 1. The Morgan fingerprint density at radius 1 is 0.897 bits per heavy atom. The first-order chi connectivity index (χ1) is 18.3. The Kier molecular flexibility index (Phi) is 9.92. The zero-order valence-corrected chi connectivity index (χ0v) is 21.0. The molecule has 1 aliphatic rings. The van der Waals surface area contributed by atoms with Gasteiger partial charge in [0.25, 0.3) is 0 Å². The van der Waals surface area contributed by atoms with E-state index in [1.807, 2.05) is 6.92 Å². The molecule has 0 atom stereocenters. The van der Waals surface area contributed by atoms with Gasteiger partial charge in [-0.2, -0.15) is 0 Å². The van der Waals surface area contributed by atoms with Crippen LogP contribution >= 0.6 is 0 Å². The number of carbonyl (C=O) groups excluding carboxylic acids is 2. The van der Waals surface area contributed by atoms with E-state index >= 15 is 0 Å². The normalized spacial score (nSPS) is 17.7. The summed E-state index contributed by atoms with van der Waals surface area (Å²) < 4.78 is 89.0. The number of amides is 2. The van der Waals surface area contributed by atoms with Crippen molar-refractivity contribution in [1.29, 1.82) is 0 Å². The van der Waals surface area contributed by atoms with Crippen molar-refractivity contribution in [3.8, 4) is 17.2 Å². The number of carbonyl (C=O) groups is 2. The number of alkyl halides is 6. The van der Waals surface area contributed by atoms with Crippen LogP contribution in [0.4, 0.5) is 36.8 Å². The van der Waals surface area contributed by atoms with E-state index in [2.05, 4.69) is 20.1 Å². The number of unbranched alkanes of at least 4 members (excludes halogenated alkanes) is 1. The Morgan fingerprint density at radius 3 is 2.15 bits per heavy atom. The van der Waals surface area contributed by atoms with Crippen LogP contribution in [0.1, 0.15) is 62.2 Å². The number of nitrogens with one attached hydrogen (secondary N) is 2. The topological polar surface area (TPSA) is 85.9 Å². The van der Waals surface area contributed by atoms with Gasteiger partial charge in [-0.25, -0.2) is 4.79 Å². The summed E-state index contributed by atoms with van der Waals surface area (Å²) in [6, 6.07) is 7.44. The van der Waals surface area contributed by atoms with Crippen LogP contribution < -0.4 is 24.8 Å². The SMILES string of the molecule is CCCCC(=O)c1cc(OC(F)(F)F)ccc1OC1CCC(NC(=O)Nc2cccc(OC(F)(F)F)c2)CC1. The Hall–Kier alpha value is -3.64. The fourth-order valence-electron chi connectivity index (χ4n) is 4.13. The van der Waals surface area contributed by atoms with E-state index in [-0.39, 0.29) is 41.4 Å². The van der Waals surface area contributed by atoms with Crippen molar-refractivity contribution in [3.05, 3.63) is 48.0 Å². The van der Waals surface area contributed by atoms with Gasteiger partial charge < -0.3 is 24.8 Å². The lowest BCUT2D eigenvalue weighted by molar-refractivity contribution is -0.275. The van der Waals surface area contributed by atoms with E-state index in [1.165, 1.54) is 18.2 Å². The third kappa shape index (κ3) is 10.2. The second-order valence-corrected chi connectivity index (χ2v) is 9.00. The molecule has 2 amide bonds. The maximum absolute atomic E-state index is 12.7. The highest BCUT2D eigenvalue weighted by molar-refractivity contribution is 5.99. The predicted molar refractivity (Wildman–Crippen MR) is 129 cm³/mol. The van der Waals surface area contributed by atoms with Crippen molar-refractivity contribution < 1.29 is 50.1 Å². The van der Waals surface area contributed by atoms with Gasteiger partial charge in [-0.05, 0) is 62.4 Å².